The normalized spacial score (nSPS) is 10.1. The molecule has 0 bridgehead atoms. The zero-order valence-corrected chi connectivity index (χ0v) is 18.7. The van der Waals surface area contributed by atoms with E-state index in [9.17, 15) is 9.18 Å². The lowest BCUT2D eigenvalue weighted by molar-refractivity contribution is -0.109. The van der Waals surface area contributed by atoms with Gasteiger partial charge >= 0.3 is 0 Å². The number of hydrazine groups is 1. The highest BCUT2D eigenvalue weighted by Gasteiger charge is 2.14. The standard InChI is InChI=1S/C16H12FN5O.C10H9NO/c17-13-3-1-11(2-4-13)14-9-19-21-16(22-20-10-23)15(14)12-5-7-18-8-6-12;1-8-2-4-9(5-3-8)10-6-7-11-12-10/h1-10H,(H,20,23)(H,21,22);2-7H,1H3. The zero-order valence-electron chi connectivity index (χ0n) is 18.7. The highest BCUT2D eigenvalue weighted by atomic mass is 19.1. The Bertz CT molecular complexity index is 1360. The molecule has 5 aromatic rings. The van der Waals surface area contributed by atoms with E-state index in [0.717, 1.165) is 33.6 Å². The van der Waals surface area contributed by atoms with Gasteiger partial charge in [0.1, 0.15) is 5.82 Å². The molecule has 1 amide bonds. The molecule has 0 aliphatic heterocycles. The number of nitrogens with zero attached hydrogens (tertiary/aromatic N) is 4. The molecule has 3 heterocycles. The van der Waals surface area contributed by atoms with Gasteiger partial charge in [0.05, 0.1) is 12.4 Å². The first-order chi connectivity index (χ1) is 17.2. The lowest BCUT2D eigenvalue weighted by Gasteiger charge is -2.14. The van der Waals surface area contributed by atoms with Gasteiger partial charge in [0.15, 0.2) is 11.6 Å². The second-order valence-corrected chi connectivity index (χ2v) is 7.35. The number of aryl methyl sites for hydroxylation is 1. The number of pyridine rings is 1. The summed E-state index contributed by atoms with van der Waals surface area (Å²) in [5.41, 5.74) is 10.5. The molecule has 0 aliphatic rings. The van der Waals surface area contributed by atoms with Crippen LogP contribution >= 0.6 is 0 Å². The van der Waals surface area contributed by atoms with Crippen LogP contribution in [0.5, 0.6) is 0 Å². The van der Waals surface area contributed by atoms with Crippen LogP contribution in [0.2, 0.25) is 0 Å². The summed E-state index contributed by atoms with van der Waals surface area (Å²) in [6, 6.07) is 19.7. The van der Waals surface area contributed by atoms with Crippen LogP contribution in [0.1, 0.15) is 5.56 Å². The number of carbonyl (C=O) groups is 1. The minimum atomic E-state index is -0.317. The minimum Gasteiger partial charge on any atom is -0.356 e. The van der Waals surface area contributed by atoms with E-state index in [1.54, 1.807) is 36.9 Å². The Labute approximate surface area is 200 Å². The molecule has 8 nitrogen and oxygen atoms in total. The number of benzene rings is 2. The van der Waals surface area contributed by atoms with E-state index in [4.69, 9.17) is 4.52 Å². The predicted molar refractivity (Wildman–Crippen MR) is 130 cm³/mol. The Morgan fingerprint density at radius 1 is 0.857 bits per heavy atom. The Hall–Kier alpha value is -4.92. The number of rotatable bonds is 6. The Kier molecular flexibility index (Phi) is 7.49. The number of amides is 1. The number of aromatic nitrogens is 4. The Morgan fingerprint density at radius 2 is 1.57 bits per heavy atom. The fourth-order valence-electron chi connectivity index (χ4n) is 3.31. The first-order valence-electron chi connectivity index (χ1n) is 10.6. The van der Waals surface area contributed by atoms with Crippen molar-refractivity contribution >= 4 is 12.2 Å². The largest absolute Gasteiger partial charge is 0.356 e. The molecule has 0 fully saturated rings. The maximum Gasteiger partial charge on any atom is 0.225 e. The van der Waals surface area contributed by atoms with E-state index in [1.165, 1.54) is 17.7 Å². The van der Waals surface area contributed by atoms with Crippen LogP contribution in [-0.2, 0) is 4.79 Å². The van der Waals surface area contributed by atoms with Gasteiger partial charge in [-0.25, -0.2) is 4.39 Å². The molecule has 0 radical (unpaired) electrons. The van der Waals surface area contributed by atoms with E-state index in [0.29, 0.717) is 12.2 Å². The summed E-state index contributed by atoms with van der Waals surface area (Å²) >= 11 is 0. The molecule has 9 heteroatoms. The lowest BCUT2D eigenvalue weighted by atomic mass is 9.97. The Morgan fingerprint density at radius 3 is 2.23 bits per heavy atom. The lowest BCUT2D eigenvalue weighted by Crippen LogP contribution is -2.21. The summed E-state index contributed by atoms with van der Waals surface area (Å²) in [5, 5.41) is 11.6. The first kappa shape index (κ1) is 23.2. The third-order valence-electron chi connectivity index (χ3n) is 5.00. The number of nitrogens with one attached hydrogen (secondary N) is 2. The fourth-order valence-corrected chi connectivity index (χ4v) is 3.31. The quantitative estimate of drug-likeness (QED) is 0.265. The number of carbonyl (C=O) groups excluding carboxylic acids is 1. The van der Waals surface area contributed by atoms with Gasteiger partial charge in [-0.2, -0.15) is 5.10 Å². The SMILES string of the molecule is Cc1ccc(-c2ccno2)cc1.O=CNNc1nncc(-c2ccc(F)cc2)c1-c1ccncc1. The summed E-state index contributed by atoms with van der Waals surface area (Å²) in [6.45, 7) is 2.06. The van der Waals surface area contributed by atoms with Crippen LogP contribution in [0, 0.1) is 12.7 Å². The van der Waals surface area contributed by atoms with Gasteiger partial charge in [-0.05, 0) is 42.3 Å². The van der Waals surface area contributed by atoms with E-state index >= 15 is 0 Å². The fraction of sp³-hybridized carbons (Fsp3) is 0.0385. The van der Waals surface area contributed by atoms with E-state index in [-0.39, 0.29) is 5.82 Å². The third kappa shape index (κ3) is 5.91. The van der Waals surface area contributed by atoms with E-state index in [1.807, 2.05) is 30.3 Å². The number of hydrogen-bond acceptors (Lipinski definition) is 7. The molecule has 0 aliphatic carbocycles. The topological polar surface area (TPSA) is 106 Å². The van der Waals surface area contributed by atoms with Crippen molar-refractivity contribution in [2.45, 2.75) is 6.92 Å². The van der Waals surface area contributed by atoms with Crippen molar-refractivity contribution in [1.82, 2.24) is 25.8 Å². The molecular weight excluding hydrogens is 447 g/mol. The van der Waals surface area contributed by atoms with Gasteiger partial charge in [0.2, 0.25) is 6.41 Å². The first-order valence-corrected chi connectivity index (χ1v) is 10.6. The van der Waals surface area contributed by atoms with Crippen LogP contribution in [0.15, 0.2) is 96.0 Å². The Balaban J connectivity index is 0.000000201. The molecule has 2 N–H and O–H groups in total. The highest BCUT2D eigenvalue weighted by molar-refractivity contribution is 5.89. The number of hydrogen-bond donors (Lipinski definition) is 2. The average molecular weight is 468 g/mol. The summed E-state index contributed by atoms with van der Waals surface area (Å²) in [6.07, 6.45) is 7.05. The van der Waals surface area contributed by atoms with Gasteiger partial charge in [0, 0.05) is 35.2 Å². The molecule has 3 aromatic heterocycles. The molecule has 0 spiro atoms. The number of halogens is 1. The molecule has 174 valence electrons. The second kappa shape index (κ2) is 11.3. The van der Waals surface area contributed by atoms with Crippen LogP contribution < -0.4 is 10.9 Å². The van der Waals surface area contributed by atoms with Crippen molar-refractivity contribution in [2.24, 2.45) is 0 Å². The van der Waals surface area contributed by atoms with Gasteiger partial charge < -0.3 is 4.52 Å². The molecule has 0 saturated carbocycles. The summed E-state index contributed by atoms with van der Waals surface area (Å²) in [5.74, 6) is 0.877. The molecular formula is C26H21FN6O2. The third-order valence-corrected chi connectivity index (χ3v) is 5.00. The van der Waals surface area contributed by atoms with Crippen molar-refractivity contribution in [3.63, 3.8) is 0 Å². The van der Waals surface area contributed by atoms with Crippen molar-refractivity contribution < 1.29 is 13.7 Å². The molecule has 0 unspecified atom stereocenters. The molecule has 0 atom stereocenters. The van der Waals surface area contributed by atoms with Gasteiger partial charge in [-0.1, -0.05) is 47.1 Å². The average Bonchev–Trinajstić information content (AvgIpc) is 3.44. The van der Waals surface area contributed by atoms with Gasteiger partial charge in [-0.15, -0.1) is 5.10 Å². The second-order valence-electron chi connectivity index (χ2n) is 7.35. The van der Waals surface area contributed by atoms with Crippen molar-refractivity contribution in [3.05, 3.63) is 103 Å². The van der Waals surface area contributed by atoms with Gasteiger partial charge in [-0.3, -0.25) is 20.6 Å². The molecule has 5 rings (SSSR count). The van der Waals surface area contributed by atoms with Crippen LogP contribution in [0.25, 0.3) is 33.6 Å². The monoisotopic (exact) mass is 468 g/mol. The highest BCUT2D eigenvalue weighted by Crippen LogP contribution is 2.35. The van der Waals surface area contributed by atoms with Crippen LogP contribution in [0.4, 0.5) is 10.2 Å². The number of anilines is 1. The summed E-state index contributed by atoms with van der Waals surface area (Å²) in [7, 11) is 0. The molecule has 2 aromatic carbocycles. The summed E-state index contributed by atoms with van der Waals surface area (Å²) < 4.78 is 18.2. The van der Waals surface area contributed by atoms with Gasteiger partial charge in [0.25, 0.3) is 0 Å². The maximum absolute atomic E-state index is 13.2. The van der Waals surface area contributed by atoms with Crippen molar-refractivity contribution in [3.8, 4) is 33.6 Å². The van der Waals surface area contributed by atoms with Crippen LogP contribution in [-0.4, -0.2) is 26.7 Å². The zero-order chi connectivity index (χ0) is 24.5. The minimum absolute atomic E-state index is 0.317. The molecule has 35 heavy (non-hydrogen) atoms. The maximum atomic E-state index is 13.2. The predicted octanol–water partition coefficient (Wildman–Crippen LogP) is 5.07. The van der Waals surface area contributed by atoms with E-state index < -0.39 is 0 Å². The smallest absolute Gasteiger partial charge is 0.225 e. The summed E-state index contributed by atoms with van der Waals surface area (Å²) in [4.78, 5) is 14.5. The van der Waals surface area contributed by atoms with Crippen molar-refractivity contribution in [2.75, 3.05) is 5.43 Å². The van der Waals surface area contributed by atoms with E-state index in [2.05, 4.69) is 50.2 Å². The van der Waals surface area contributed by atoms with Crippen LogP contribution in [0.3, 0.4) is 0 Å². The molecule has 0 saturated heterocycles. The van der Waals surface area contributed by atoms with Crippen molar-refractivity contribution in [1.29, 1.82) is 0 Å².